The molecule has 0 amide bonds. The molecule has 1 aromatic heterocycles. The molecular weight excluding hydrogens is 427 g/mol. The first-order chi connectivity index (χ1) is 15.0. The fourth-order valence-electron chi connectivity index (χ4n) is 3.70. The molecule has 1 atom stereocenters. The summed E-state index contributed by atoms with van der Waals surface area (Å²) in [6, 6.07) is 5.84. The zero-order valence-electron chi connectivity index (χ0n) is 18.1. The number of alkyl halides is 3. The number of aromatic nitrogens is 2. The third-order valence-corrected chi connectivity index (χ3v) is 5.63. The summed E-state index contributed by atoms with van der Waals surface area (Å²) in [6.45, 7) is 5.70. The van der Waals surface area contributed by atoms with E-state index in [2.05, 4.69) is 11.9 Å². The van der Waals surface area contributed by atoms with Crippen LogP contribution in [-0.2, 0) is 11.0 Å². The van der Waals surface area contributed by atoms with E-state index in [0.717, 1.165) is 43.0 Å². The maximum absolute atomic E-state index is 13.4. The molecule has 4 rings (SSSR count). The molecule has 2 aromatic carbocycles. The van der Waals surface area contributed by atoms with Crippen molar-refractivity contribution in [3.05, 3.63) is 59.4 Å². The number of carbonyl (C=O) groups excluding carboxylic acids is 1. The van der Waals surface area contributed by atoms with E-state index in [0.29, 0.717) is 29.1 Å². The van der Waals surface area contributed by atoms with Gasteiger partial charge >= 0.3 is 6.18 Å². The fraction of sp³-hybridized carbons (Fsp3) is 0.417. The number of Topliss-reactive ketones (excluding diaryl/α,β-unsaturated/α-hetero) is 1. The number of ketones is 1. The minimum Gasteiger partial charge on any atom is -0.300 e. The third-order valence-electron chi connectivity index (χ3n) is 5.63. The quantitative estimate of drug-likeness (QED) is 0.390. The molecule has 0 spiro atoms. The van der Waals surface area contributed by atoms with Crippen LogP contribution in [0.3, 0.4) is 0 Å². The zero-order chi connectivity index (χ0) is 23.6. The molecule has 0 radical (unpaired) electrons. The first-order valence-electron chi connectivity index (χ1n) is 10.5. The van der Waals surface area contributed by atoms with Gasteiger partial charge in [0.05, 0.1) is 22.3 Å². The highest BCUT2D eigenvalue weighted by molar-refractivity contribution is 5.79. The number of hydrogen-bond acceptors (Lipinski definition) is 2. The van der Waals surface area contributed by atoms with Crippen molar-refractivity contribution >= 4 is 16.8 Å². The van der Waals surface area contributed by atoms with Crippen LogP contribution in [0, 0.1) is 30.4 Å². The number of imidazole rings is 1. The van der Waals surface area contributed by atoms with Gasteiger partial charge in [-0.3, -0.25) is 9.36 Å². The van der Waals surface area contributed by atoms with Crippen LogP contribution in [0.15, 0.2) is 36.4 Å². The second-order valence-electron chi connectivity index (χ2n) is 8.23. The van der Waals surface area contributed by atoms with E-state index in [1.807, 2.05) is 6.92 Å². The summed E-state index contributed by atoms with van der Waals surface area (Å²) in [5.74, 6) is 0.674. The highest BCUT2D eigenvalue weighted by Gasteiger charge is 2.31. The summed E-state index contributed by atoms with van der Waals surface area (Å²) in [5.41, 5.74) is -0.317. The van der Waals surface area contributed by atoms with Gasteiger partial charge in [-0.1, -0.05) is 13.8 Å². The van der Waals surface area contributed by atoms with Gasteiger partial charge in [-0.2, -0.15) is 13.2 Å². The van der Waals surface area contributed by atoms with Gasteiger partial charge in [0.25, 0.3) is 0 Å². The SMILES string of the molecule is CCC(=O)CC(C)C1CC1.Cc1nc2ccc(C(F)(F)F)cc2n1-c1cc(F)cc(F)c1. The van der Waals surface area contributed by atoms with Gasteiger partial charge in [0.2, 0.25) is 0 Å². The van der Waals surface area contributed by atoms with Crippen LogP contribution < -0.4 is 0 Å². The molecule has 172 valence electrons. The lowest BCUT2D eigenvalue weighted by atomic mass is 9.99. The number of hydrogen-bond donors (Lipinski definition) is 0. The van der Waals surface area contributed by atoms with Gasteiger partial charge in [0, 0.05) is 18.9 Å². The highest BCUT2D eigenvalue weighted by Crippen LogP contribution is 2.38. The molecule has 1 fully saturated rings. The summed E-state index contributed by atoms with van der Waals surface area (Å²) in [5, 5.41) is 0. The molecule has 1 saturated carbocycles. The van der Waals surface area contributed by atoms with Crippen LogP contribution in [0.2, 0.25) is 0 Å². The van der Waals surface area contributed by atoms with Gasteiger partial charge in [-0.15, -0.1) is 0 Å². The molecular formula is C24H25F5N2O. The molecule has 8 heteroatoms. The van der Waals surface area contributed by atoms with Crippen molar-refractivity contribution in [3.8, 4) is 5.69 Å². The van der Waals surface area contributed by atoms with Crippen molar-refractivity contribution in [1.29, 1.82) is 0 Å². The molecule has 1 heterocycles. The van der Waals surface area contributed by atoms with Crippen molar-refractivity contribution in [2.75, 3.05) is 0 Å². The number of aryl methyl sites for hydroxylation is 1. The number of halogens is 5. The van der Waals surface area contributed by atoms with E-state index in [1.165, 1.54) is 23.5 Å². The monoisotopic (exact) mass is 452 g/mol. The zero-order valence-corrected chi connectivity index (χ0v) is 18.1. The van der Waals surface area contributed by atoms with Crippen molar-refractivity contribution in [3.63, 3.8) is 0 Å². The molecule has 0 bridgehead atoms. The lowest BCUT2D eigenvalue weighted by Crippen LogP contribution is -2.05. The normalized spacial score (nSPS) is 14.8. The molecule has 32 heavy (non-hydrogen) atoms. The Kier molecular flexibility index (Phi) is 7.00. The van der Waals surface area contributed by atoms with Crippen LogP contribution in [0.1, 0.15) is 50.9 Å². The number of rotatable bonds is 5. The standard InChI is InChI=1S/C15H9F5N2.C9H16O/c1-8-21-13-3-2-9(15(18,19)20)4-14(13)22(8)12-6-10(16)5-11(17)7-12;1-3-9(10)6-7(2)8-4-5-8/h2-7H,1H3;7-8H,3-6H2,1-2H3. The Balaban J connectivity index is 0.000000243. The smallest absolute Gasteiger partial charge is 0.300 e. The van der Waals surface area contributed by atoms with Crippen molar-refractivity contribution in [2.24, 2.45) is 11.8 Å². The van der Waals surface area contributed by atoms with Gasteiger partial charge in [0.1, 0.15) is 23.2 Å². The number of nitrogens with zero attached hydrogens (tertiary/aromatic N) is 2. The second kappa shape index (κ2) is 9.38. The number of carbonyl (C=O) groups is 1. The molecule has 1 aliphatic rings. The van der Waals surface area contributed by atoms with E-state index in [4.69, 9.17) is 0 Å². The average molecular weight is 452 g/mol. The minimum atomic E-state index is -4.51. The molecule has 3 nitrogen and oxygen atoms in total. The Labute approximate surface area is 183 Å². The van der Waals surface area contributed by atoms with Gasteiger partial charge in [0.15, 0.2) is 0 Å². The Bertz CT molecular complexity index is 1100. The average Bonchev–Trinajstić information content (AvgIpc) is 3.49. The van der Waals surface area contributed by atoms with Crippen molar-refractivity contribution in [1.82, 2.24) is 9.55 Å². The minimum absolute atomic E-state index is 0.0804. The predicted molar refractivity (Wildman–Crippen MR) is 113 cm³/mol. The largest absolute Gasteiger partial charge is 0.416 e. The van der Waals surface area contributed by atoms with Crippen LogP contribution in [0.5, 0.6) is 0 Å². The lowest BCUT2D eigenvalue weighted by Gasteiger charge is -2.10. The number of fused-ring (bicyclic) bond motifs is 1. The lowest BCUT2D eigenvalue weighted by molar-refractivity contribution is -0.137. The van der Waals surface area contributed by atoms with Crippen LogP contribution in [0.4, 0.5) is 22.0 Å². The Morgan fingerprint density at radius 2 is 1.75 bits per heavy atom. The summed E-state index contributed by atoms with van der Waals surface area (Å²) in [6.07, 6.45) is -0.251. The Morgan fingerprint density at radius 1 is 1.12 bits per heavy atom. The molecule has 0 saturated heterocycles. The third kappa shape index (κ3) is 5.72. The fourth-order valence-corrected chi connectivity index (χ4v) is 3.70. The maximum Gasteiger partial charge on any atom is 0.416 e. The van der Waals surface area contributed by atoms with E-state index < -0.39 is 23.4 Å². The Morgan fingerprint density at radius 3 is 2.28 bits per heavy atom. The van der Waals surface area contributed by atoms with E-state index >= 15 is 0 Å². The molecule has 1 unspecified atom stereocenters. The Hall–Kier alpha value is -2.77. The molecule has 0 N–H and O–H groups in total. The molecule has 1 aliphatic carbocycles. The summed E-state index contributed by atoms with van der Waals surface area (Å²) in [4.78, 5) is 15.1. The second-order valence-corrected chi connectivity index (χ2v) is 8.23. The van der Waals surface area contributed by atoms with E-state index in [1.54, 1.807) is 6.92 Å². The predicted octanol–water partition coefficient (Wildman–Crippen LogP) is 7.03. The van der Waals surface area contributed by atoms with Gasteiger partial charge in [-0.05, 0) is 61.9 Å². The molecule has 3 aromatic rings. The maximum atomic E-state index is 13.4. The number of benzene rings is 2. The summed E-state index contributed by atoms with van der Waals surface area (Å²) >= 11 is 0. The van der Waals surface area contributed by atoms with Crippen molar-refractivity contribution in [2.45, 2.75) is 52.6 Å². The summed E-state index contributed by atoms with van der Waals surface area (Å²) in [7, 11) is 0. The van der Waals surface area contributed by atoms with E-state index in [9.17, 15) is 26.7 Å². The molecule has 0 aliphatic heterocycles. The van der Waals surface area contributed by atoms with E-state index in [-0.39, 0.29) is 11.2 Å². The van der Waals surface area contributed by atoms with Crippen molar-refractivity contribution < 1.29 is 26.7 Å². The first kappa shape index (κ1) is 23.9. The van der Waals surface area contributed by atoms with Crippen LogP contribution in [0.25, 0.3) is 16.7 Å². The topological polar surface area (TPSA) is 34.9 Å². The highest BCUT2D eigenvalue weighted by atomic mass is 19.4. The van der Waals surface area contributed by atoms with Gasteiger partial charge in [-0.25, -0.2) is 13.8 Å². The van der Waals surface area contributed by atoms with Gasteiger partial charge < -0.3 is 0 Å². The first-order valence-corrected chi connectivity index (χ1v) is 10.5. The van der Waals surface area contributed by atoms with Crippen LogP contribution >= 0.6 is 0 Å². The summed E-state index contributed by atoms with van der Waals surface area (Å²) < 4.78 is 66.5. The van der Waals surface area contributed by atoms with Crippen LogP contribution in [-0.4, -0.2) is 15.3 Å².